The van der Waals surface area contributed by atoms with Crippen molar-refractivity contribution in [2.45, 2.75) is 32.4 Å². The fraction of sp³-hybridized carbons (Fsp3) is 0.263. The maximum absolute atomic E-state index is 13.2. The SMILES string of the molecule is Cc1ccc(C(NC(=O)CC(O)c2cccc(F)c2)C(=O)O)cc1C. The third-order valence-electron chi connectivity index (χ3n) is 4.03. The van der Waals surface area contributed by atoms with Crippen LogP contribution < -0.4 is 5.32 Å². The summed E-state index contributed by atoms with van der Waals surface area (Å²) < 4.78 is 13.2. The number of aryl methyl sites for hydroxylation is 2. The number of aliphatic carboxylic acids is 1. The number of hydrogen-bond acceptors (Lipinski definition) is 3. The van der Waals surface area contributed by atoms with Crippen molar-refractivity contribution in [3.63, 3.8) is 0 Å². The standard InChI is InChI=1S/C19H20FNO4/c1-11-6-7-14(8-12(11)2)18(19(24)25)21-17(23)10-16(22)13-4-3-5-15(20)9-13/h3-9,16,18,22H,10H2,1-2H3,(H,21,23)(H,24,25). The van der Waals surface area contributed by atoms with Crippen molar-refractivity contribution in [2.24, 2.45) is 0 Å². The Morgan fingerprint density at radius 1 is 1.08 bits per heavy atom. The first-order valence-corrected chi connectivity index (χ1v) is 7.80. The van der Waals surface area contributed by atoms with E-state index in [4.69, 9.17) is 0 Å². The van der Waals surface area contributed by atoms with Crippen LogP contribution >= 0.6 is 0 Å². The van der Waals surface area contributed by atoms with Crippen LogP contribution in [0.5, 0.6) is 0 Å². The zero-order chi connectivity index (χ0) is 18.6. The van der Waals surface area contributed by atoms with Gasteiger partial charge in [0.25, 0.3) is 0 Å². The number of aliphatic hydroxyl groups excluding tert-OH is 1. The highest BCUT2D eigenvalue weighted by Crippen LogP contribution is 2.20. The molecule has 0 aliphatic rings. The Morgan fingerprint density at radius 2 is 1.80 bits per heavy atom. The third-order valence-corrected chi connectivity index (χ3v) is 4.03. The molecule has 2 aromatic rings. The molecule has 0 aliphatic heterocycles. The van der Waals surface area contributed by atoms with Gasteiger partial charge in [0.1, 0.15) is 5.82 Å². The average Bonchev–Trinajstić information content (AvgIpc) is 2.55. The lowest BCUT2D eigenvalue weighted by Gasteiger charge is -2.18. The Hall–Kier alpha value is -2.73. The number of halogens is 1. The lowest BCUT2D eigenvalue weighted by atomic mass is 10.0. The molecule has 0 spiro atoms. The number of rotatable bonds is 6. The van der Waals surface area contributed by atoms with Crippen molar-refractivity contribution >= 4 is 11.9 Å². The van der Waals surface area contributed by atoms with Crippen LogP contribution in [-0.2, 0) is 9.59 Å². The highest BCUT2D eigenvalue weighted by atomic mass is 19.1. The number of carboxylic acids is 1. The first-order valence-electron chi connectivity index (χ1n) is 7.80. The van der Waals surface area contributed by atoms with E-state index in [1.807, 2.05) is 13.8 Å². The molecule has 5 nitrogen and oxygen atoms in total. The molecule has 6 heteroatoms. The molecule has 3 N–H and O–H groups in total. The Morgan fingerprint density at radius 3 is 2.40 bits per heavy atom. The summed E-state index contributed by atoms with van der Waals surface area (Å²) in [5.41, 5.74) is 2.64. The molecule has 0 heterocycles. The van der Waals surface area contributed by atoms with Crippen LogP contribution in [0.2, 0.25) is 0 Å². The minimum Gasteiger partial charge on any atom is -0.479 e. The van der Waals surface area contributed by atoms with Crippen molar-refractivity contribution < 1.29 is 24.2 Å². The molecule has 0 radical (unpaired) electrons. The molecule has 2 atom stereocenters. The highest BCUT2D eigenvalue weighted by molar-refractivity contribution is 5.84. The number of amides is 1. The summed E-state index contributed by atoms with van der Waals surface area (Å²) in [4.78, 5) is 23.6. The molecular weight excluding hydrogens is 325 g/mol. The maximum atomic E-state index is 13.2. The Labute approximate surface area is 145 Å². The minimum absolute atomic E-state index is 0.258. The monoisotopic (exact) mass is 345 g/mol. The molecule has 2 unspecified atom stereocenters. The second kappa shape index (κ2) is 7.90. The fourth-order valence-electron chi connectivity index (χ4n) is 2.46. The van der Waals surface area contributed by atoms with Gasteiger partial charge >= 0.3 is 5.97 Å². The number of nitrogens with one attached hydrogen (secondary N) is 1. The lowest BCUT2D eigenvalue weighted by Crippen LogP contribution is -2.34. The van der Waals surface area contributed by atoms with E-state index in [2.05, 4.69) is 5.32 Å². The molecule has 1 amide bonds. The number of carbonyl (C=O) groups is 2. The molecule has 0 bridgehead atoms. The van der Waals surface area contributed by atoms with Gasteiger partial charge in [0.05, 0.1) is 12.5 Å². The van der Waals surface area contributed by atoms with Gasteiger partial charge in [0.15, 0.2) is 6.04 Å². The minimum atomic E-state index is -1.22. The number of aliphatic hydroxyl groups is 1. The van der Waals surface area contributed by atoms with Crippen molar-refractivity contribution in [1.29, 1.82) is 0 Å². The van der Waals surface area contributed by atoms with Gasteiger partial charge in [-0.15, -0.1) is 0 Å². The molecule has 0 aliphatic carbocycles. The summed E-state index contributed by atoms with van der Waals surface area (Å²) >= 11 is 0. The number of carboxylic acid groups (broad SMARTS) is 1. The van der Waals surface area contributed by atoms with Crippen molar-refractivity contribution in [3.05, 3.63) is 70.5 Å². The van der Waals surface area contributed by atoms with Gasteiger partial charge in [0, 0.05) is 0 Å². The van der Waals surface area contributed by atoms with Gasteiger partial charge in [-0.1, -0.05) is 30.3 Å². The van der Waals surface area contributed by atoms with Crippen LogP contribution in [-0.4, -0.2) is 22.1 Å². The molecule has 2 rings (SSSR count). The summed E-state index contributed by atoms with van der Waals surface area (Å²) in [6.07, 6.45) is -1.58. The Bertz CT molecular complexity index is 791. The van der Waals surface area contributed by atoms with Crippen molar-refractivity contribution in [3.8, 4) is 0 Å². The van der Waals surface area contributed by atoms with Gasteiger partial charge in [-0.3, -0.25) is 4.79 Å². The molecule has 0 aromatic heterocycles. The second-order valence-corrected chi connectivity index (χ2v) is 5.96. The van der Waals surface area contributed by atoms with Crippen LogP contribution in [0.1, 0.15) is 40.8 Å². The smallest absolute Gasteiger partial charge is 0.330 e. The predicted molar refractivity (Wildman–Crippen MR) is 90.4 cm³/mol. The molecule has 0 saturated carbocycles. The Balaban J connectivity index is 2.10. The van der Waals surface area contributed by atoms with Gasteiger partial charge in [0.2, 0.25) is 5.91 Å². The summed E-state index contributed by atoms with van der Waals surface area (Å²) in [5.74, 6) is -2.35. The first-order chi connectivity index (χ1) is 11.8. The van der Waals surface area contributed by atoms with E-state index >= 15 is 0 Å². The Kier molecular flexibility index (Phi) is 5.88. The zero-order valence-electron chi connectivity index (χ0n) is 14.0. The van der Waals surface area contributed by atoms with Gasteiger partial charge in [-0.25, -0.2) is 9.18 Å². The van der Waals surface area contributed by atoms with Crippen LogP contribution in [0, 0.1) is 19.7 Å². The number of carbonyl (C=O) groups excluding carboxylic acids is 1. The van der Waals surface area contributed by atoms with Crippen LogP contribution in [0.25, 0.3) is 0 Å². The van der Waals surface area contributed by atoms with E-state index in [0.29, 0.717) is 5.56 Å². The van der Waals surface area contributed by atoms with E-state index in [-0.39, 0.29) is 12.0 Å². The van der Waals surface area contributed by atoms with Crippen LogP contribution in [0.4, 0.5) is 4.39 Å². The molecule has 0 saturated heterocycles. The van der Waals surface area contributed by atoms with E-state index < -0.39 is 29.8 Å². The topological polar surface area (TPSA) is 86.6 Å². The highest BCUT2D eigenvalue weighted by Gasteiger charge is 2.24. The van der Waals surface area contributed by atoms with Crippen LogP contribution in [0.15, 0.2) is 42.5 Å². The van der Waals surface area contributed by atoms with E-state index in [0.717, 1.165) is 17.2 Å². The first kappa shape index (κ1) is 18.6. The summed E-state index contributed by atoms with van der Waals surface area (Å²) in [6, 6.07) is 9.22. The number of benzene rings is 2. The second-order valence-electron chi connectivity index (χ2n) is 5.96. The van der Waals surface area contributed by atoms with Gasteiger partial charge in [-0.2, -0.15) is 0 Å². The van der Waals surface area contributed by atoms with Gasteiger partial charge in [-0.05, 0) is 48.2 Å². The molecular formula is C19H20FNO4. The van der Waals surface area contributed by atoms with E-state index in [1.54, 1.807) is 18.2 Å². The molecule has 2 aromatic carbocycles. The van der Waals surface area contributed by atoms with Crippen molar-refractivity contribution in [1.82, 2.24) is 5.32 Å². The molecule has 0 fully saturated rings. The van der Waals surface area contributed by atoms with Crippen molar-refractivity contribution in [2.75, 3.05) is 0 Å². The normalized spacial score (nSPS) is 13.1. The fourth-order valence-corrected chi connectivity index (χ4v) is 2.46. The molecule has 132 valence electrons. The summed E-state index contributed by atoms with van der Waals surface area (Å²) in [6.45, 7) is 3.76. The zero-order valence-corrected chi connectivity index (χ0v) is 14.0. The van der Waals surface area contributed by atoms with Crippen LogP contribution in [0.3, 0.4) is 0 Å². The summed E-state index contributed by atoms with van der Waals surface area (Å²) in [5, 5.41) is 21.8. The third kappa shape index (κ3) is 4.87. The van der Waals surface area contributed by atoms with E-state index in [1.165, 1.54) is 18.2 Å². The lowest BCUT2D eigenvalue weighted by molar-refractivity contribution is -0.142. The molecule has 25 heavy (non-hydrogen) atoms. The van der Waals surface area contributed by atoms with E-state index in [9.17, 15) is 24.2 Å². The average molecular weight is 345 g/mol. The van der Waals surface area contributed by atoms with Gasteiger partial charge < -0.3 is 15.5 Å². The predicted octanol–water partition coefficient (Wildman–Crippen LogP) is 2.81. The largest absolute Gasteiger partial charge is 0.479 e. The maximum Gasteiger partial charge on any atom is 0.330 e. The quantitative estimate of drug-likeness (QED) is 0.751. The summed E-state index contributed by atoms with van der Waals surface area (Å²) in [7, 11) is 0. The number of hydrogen-bond donors (Lipinski definition) is 3.